The zero-order valence-electron chi connectivity index (χ0n) is 8.02. The van der Waals surface area contributed by atoms with Gasteiger partial charge < -0.3 is 4.74 Å². The molecule has 0 fully saturated rings. The maximum atomic E-state index is 11.3. The highest BCUT2D eigenvalue weighted by Crippen LogP contribution is 2.33. The van der Waals surface area contributed by atoms with Crippen LogP contribution >= 0.6 is 0 Å². The standard InChI is InChI=1S/C9H11NO4/c1-3-9(4-5-14-8(9)11)6-7(2)10(12)13/h4-6H,3H2,1-2H3/b7-6+. The lowest BCUT2D eigenvalue weighted by atomic mass is 9.85. The number of esters is 1. The average molecular weight is 197 g/mol. The Balaban J connectivity index is 3.03. The molecule has 14 heavy (non-hydrogen) atoms. The second kappa shape index (κ2) is 3.61. The molecular formula is C9H11NO4. The van der Waals surface area contributed by atoms with E-state index in [-0.39, 0.29) is 5.70 Å². The van der Waals surface area contributed by atoms with Crippen molar-refractivity contribution in [2.75, 3.05) is 0 Å². The van der Waals surface area contributed by atoms with Crippen molar-refractivity contribution in [2.45, 2.75) is 20.3 Å². The Kier molecular flexibility index (Phi) is 2.69. The number of nitrogens with zero attached hydrogens (tertiary/aromatic N) is 1. The average Bonchev–Trinajstić information content (AvgIpc) is 2.48. The summed E-state index contributed by atoms with van der Waals surface area (Å²) in [5.74, 6) is -0.457. The van der Waals surface area contributed by atoms with Crippen molar-refractivity contribution < 1.29 is 14.5 Å². The first-order valence-corrected chi connectivity index (χ1v) is 4.24. The fourth-order valence-electron chi connectivity index (χ4n) is 1.29. The van der Waals surface area contributed by atoms with E-state index in [1.807, 2.05) is 0 Å². The summed E-state index contributed by atoms with van der Waals surface area (Å²) in [7, 11) is 0. The largest absolute Gasteiger partial charge is 0.434 e. The summed E-state index contributed by atoms with van der Waals surface area (Å²) in [4.78, 5) is 21.2. The molecule has 0 aromatic carbocycles. The molecule has 0 aliphatic carbocycles. The van der Waals surface area contributed by atoms with Crippen molar-refractivity contribution >= 4 is 5.97 Å². The van der Waals surface area contributed by atoms with Gasteiger partial charge in [0.15, 0.2) is 0 Å². The number of carbonyl (C=O) groups is 1. The Labute approximate surface area is 81.2 Å². The zero-order valence-corrected chi connectivity index (χ0v) is 8.02. The van der Waals surface area contributed by atoms with Crippen LogP contribution in [0.1, 0.15) is 20.3 Å². The van der Waals surface area contributed by atoms with Gasteiger partial charge in [-0.25, -0.2) is 0 Å². The summed E-state index contributed by atoms with van der Waals surface area (Å²) in [6.07, 6.45) is 4.60. The van der Waals surface area contributed by atoms with Crippen molar-refractivity contribution in [2.24, 2.45) is 5.41 Å². The van der Waals surface area contributed by atoms with Gasteiger partial charge in [-0.05, 0) is 12.5 Å². The second-order valence-corrected chi connectivity index (χ2v) is 3.14. The van der Waals surface area contributed by atoms with Crippen molar-refractivity contribution in [3.05, 3.63) is 34.2 Å². The molecular weight excluding hydrogens is 186 g/mol. The quantitative estimate of drug-likeness (QED) is 0.391. The van der Waals surface area contributed by atoms with Gasteiger partial charge in [0.1, 0.15) is 5.41 Å². The van der Waals surface area contributed by atoms with Crippen LogP contribution in [-0.2, 0) is 9.53 Å². The molecule has 5 nitrogen and oxygen atoms in total. The monoisotopic (exact) mass is 197 g/mol. The maximum absolute atomic E-state index is 11.3. The third-order valence-electron chi connectivity index (χ3n) is 2.26. The molecule has 0 aromatic rings. The molecule has 0 spiro atoms. The topological polar surface area (TPSA) is 69.4 Å². The van der Waals surface area contributed by atoms with Gasteiger partial charge in [-0.1, -0.05) is 6.92 Å². The summed E-state index contributed by atoms with van der Waals surface area (Å²) in [5.41, 5.74) is -0.993. The molecule has 0 saturated heterocycles. The minimum atomic E-state index is -0.947. The van der Waals surface area contributed by atoms with E-state index in [9.17, 15) is 14.9 Å². The second-order valence-electron chi connectivity index (χ2n) is 3.14. The Morgan fingerprint density at radius 2 is 2.43 bits per heavy atom. The molecule has 1 aliphatic rings. The number of carbonyl (C=O) groups excluding carboxylic acids is 1. The molecule has 0 bridgehead atoms. The van der Waals surface area contributed by atoms with Crippen molar-refractivity contribution in [3.63, 3.8) is 0 Å². The highest BCUT2D eigenvalue weighted by atomic mass is 16.6. The van der Waals surface area contributed by atoms with Crippen LogP contribution in [0.5, 0.6) is 0 Å². The van der Waals surface area contributed by atoms with E-state index >= 15 is 0 Å². The molecule has 1 unspecified atom stereocenters. The predicted molar refractivity (Wildman–Crippen MR) is 48.7 cm³/mol. The number of ether oxygens (including phenoxy) is 1. The van der Waals surface area contributed by atoms with Crippen LogP contribution in [-0.4, -0.2) is 10.9 Å². The Hall–Kier alpha value is -1.65. The van der Waals surface area contributed by atoms with Gasteiger partial charge in [0.25, 0.3) is 0 Å². The molecule has 0 aromatic heterocycles. The molecule has 0 radical (unpaired) electrons. The van der Waals surface area contributed by atoms with Gasteiger partial charge in [0.2, 0.25) is 5.70 Å². The fraction of sp³-hybridized carbons (Fsp3) is 0.444. The van der Waals surface area contributed by atoms with E-state index < -0.39 is 16.3 Å². The van der Waals surface area contributed by atoms with E-state index in [0.717, 1.165) is 0 Å². The summed E-state index contributed by atoms with van der Waals surface area (Å²) in [5, 5.41) is 10.4. The third-order valence-corrected chi connectivity index (χ3v) is 2.26. The lowest BCUT2D eigenvalue weighted by Gasteiger charge is -2.15. The van der Waals surface area contributed by atoms with Crippen LogP contribution < -0.4 is 0 Å². The van der Waals surface area contributed by atoms with Gasteiger partial charge >= 0.3 is 5.97 Å². The number of nitro groups is 1. The van der Waals surface area contributed by atoms with Gasteiger partial charge in [-0.3, -0.25) is 14.9 Å². The van der Waals surface area contributed by atoms with Crippen LogP contribution in [0.3, 0.4) is 0 Å². The highest BCUT2D eigenvalue weighted by molar-refractivity contribution is 5.84. The van der Waals surface area contributed by atoms with Crippen molar-refractivity contribution in [3.8, 4) is 0 Å². The van der Waals surface area contributed by atoms with E-state index in [0.29, 0.717) is 6.42 Å². The first-order chi connectivity index (χ1) is 6.52. The normalized spacial score (nSPS) is 26.4. The Bertz CT molecular complexity index is 332. The maximum Gasteiger partial charge on any atom is 0.325 e. The van der Waals surface area contributed by atoms with Gasteiger partial charge in [0.05, 0.1) is 11.2 Å². The lowest BCUT2D eigenvalue weighted by Crippen LogP contribution is -2.24. The molecule has 1 rings (SSSR count). The summed E-state index contributed by atoms with van der Waals surface area (Å²) < 4.78 is 4.65. The zero-order chi connectivity index (χ0) is 10.8. The van der Waals surface area contributed by atoms with Crippen LogP contribution in [0.2, 0.25) is 0 Å². The minimum absolute atomic E-state index is 0.0460. The molecule has 76 valence electrons. The van der Waals surface area contributed by atoms with Crippen molar-refractivity contribution in [1.29, 1.82) is 0 Å². The molecule has 1 heterocycles. The number of cyclic esters (lactones) is 1. The van der Waals surface area contributed by atoms with Gasteiger partial charge in [-0.2, -0.15) is 0 Å². The fourth-order valence-corrected chi connectivity index (χ4v) is 1.29. The van der Waals surface area contributed by atoms with E-state index in [1.165, 1.54) is 19.3 Å². The third kappa shape index (κ3) is 1.66. The summed E-state index contributed by atoms with van der Waals surface area (Å²) >= 11 is 0. The molecule has 1 atom stereocenters. The van der Waals surface area contributed by atoms with E-state index in [4.69, 9.17) is 0 Å². The Morgan fingerprint density at radius 1 is 1.79 bits per heavy atom. The van der Waals surface area contributed by atoms with Crippen LogP contribution in [0, 0.1) is 15.5 Å². The number of hydrogen-bond donors (Lipinski definition) is 0. The van der Waals surface area contributed by atoms with Crippen LogP contribution in [0.15, 0.2) is 24.1 Å². The molecule has 1 aliphatic heterocycles. The van der Waals surface area contributed by atoms with Crippen LogP contribution in [0.4, 0.5) is 0 Å². The predicted octanol–water partition coefficient (Wildman–Crippen LogP) is 1.63. The smallest absolute Gasteiger partial charge is 0.325 e. The molecule has 0 N–H and O–H groups in total. The summed E-state index contributed by atoms with van der Waals surface area (Å²) in [6, 6.07) is 0. The van der Waals surface area contributed by atoms with E-state index in [2.05, 4.69) is 4.74 Å². The first kappa shape index (κ1) is 10.4. The van der Waals surface area contributed by atoms with Gasteiger partial charge in [0, 0.05) is 13.0 Å². The molecule has 0 amide bonds. The van der Waals surface area contributed by atoms with E-state index in [1.54, 1.807) is 13.0 Å². The summed E-state index contributed by atoms with van der Waals surface area (Å²) in [6.45, 7) is 3.14. The lowest BCUT2D eigenvalue weighted by molar-refractivity contribution is -0.425. The van der Waals surface area contributed by atoms with Crippen LogP contribution in [0.25, 0.3) is 0 Å². The molecule has 0 saturated carbocycles. The first-order valence-electron chi connectivity index (χ1n) is 4.24. The minimum Gasteiger partial charge on any atom is -0.434 e. The number of rotatable bonds is 3. The number of hydrogen-bond acceptors (Lipinski definition) is 4. The SMILES string of the molecule is CCC1(/C=C(\C)[N+](=O)[O-])C=COC1=O. The highest BCUT2D eigenvalue weighted by Gasteiger charge is 2.39. The molecule has 5 heteroatoms. The van der Waals surface area contributed by atoms with Crippen molar-refractivity contribution in [1.82, 2.24) is 0 Å². The Morgan fingerprint density at radius 3 is 2.79 bits per heavy atom. The van der Waals surface area contributed by atoms with Gasteiger partial charge in [-0.15, -0.1) is 0 Å². The number of allylic oxidation sites excluding steroid dienone is 1.